The Hall–Kier alpha value is -1.40. The molecular formula is C16H27NO4Si. The van der Waals surface area contributed by atoms with Gasteiger partial charge in [0.05, 0.1) is 18.2 Å². The molecule has 1 aliphatic heterocycles. The van der Waals surface area contributed by atoms with Gasteiger partial charge in [-0.15, -0.1) is 13.2 Å². The van der Waals surface area contributed by atoms with Crippen LogP contribution in [0.2, 0.25) is 18.1 Å². The number of ether oxygens (including phenoxy) is 1. The van der Waals surface area contributed by atoms with E-state index < -0.39 is 26.4 Å². The molecule has 0 unspecified atom stereocenters. The number of oxime groups is 1. The summed E-state index contributed by atoms with van der Waals surface area (Å²) < 4.78 is 11.6. The Morgan fingerprint density at radius 2 is 2.00 bits per heavy atom. The van der Waals surface area contributed by atoms with E-state index in [2.05, 4.69) is 52.2 Å². The molecule has 1 fully saturated rings. The molecule has 0 aromatic heterocycles. The molecule has 0 saturated carbocycles. The van der Waals surface area contributed by atoms with Crippen LogP contribution in [0.25, 0.3) is 0 Å². The molecule has 1 heterocycles. The summed E-state index contributed by atoms with van der Waals surface area (Å²) in [4.78, 5) is 12.2. The lowest BCUT2D eigenvalue weighted by atomic mass is 9.86. The first-order valence-electron chi connectivity index (χ1n) is 7.40. The van der Waals surface area contributed by atoms with E-state index in [9.17, 15) is 4.79 Å². The van der Waals surface area contributed by atoms with Crippen molar-refractivity contribution in [3.63, 3.8) is 0 Å². The van der Waals surface area contributed by atoms with Crippen LogP contribution >= 0.6 is 0 Å². The Bertz CT molecular complexity index is 467. The third-order valence-electron chi connectivity index (χ3n) is 4.63. The van der Waals surface area contributed by atoms with Gasteiger partial charge in [0, 0.05) is 5.92 Å². The molecule has 0 aliphatic carbocycles. The molecule has 0 radical (unpaired) electrons. The summed E-state index contributed by atoms with van der Waals surface area (Å²) in [6, 6.07) is 0. The molecule has 124 valence electrons. The van der Waals surface area contributed by atoms with Crippen LogP contribution in [0.1, 0.15) is 20.8 Å². The smallest absolute Gasteiger partial charge is 0.313 e. The van der Waals surface area contributed by atoms with E-state index in [1.807, 2.05) is 0 Å². The van der Waals surface area contributed by atoms with Gasteiger partial charge in [0.2, 0.25) is 0 Å². The lowest BCUT2D eigenvalue weighted by molar-refractivity contribution is -0.144. The zero-order valence-corrected chi connectivity index (χ0v) is 15.1. The van der Waals surface area contributed by atoms with Crippen molar-refractivity contribution in [1.82, 2.24) is 0 Å². The number of rotatable bonds is 6. The van der Waals surface area contributed by atoms with Gasteiger partial charge < -0.3 is 14.4 Å². The van der Waals surface area contributed by atoms with Crippen molar-refractivity contribution in [3.8, 4) is 0 Å². The maximum atomic E-state index is 12.2. The maximum Gasteiger partial charge on any atom is 0.313 e. The molecule has 1 rings (SSSR count). The number of nitrogens with zero attached hydrogens (tertiary/aromatic N) is 1. The first-order chi connectivity index (χ1) is 10.1. The van der Waals surface area contributed by atoms with Crippen LogP contribution in [0.3, 0.4) is 0 Å². The molecule has 0 bridgehead atoms. The quantitative estimate of drug-likeness (QED) is 0.203. The summed E-state index contributed by atoms with van der Waals surface area (Å²) >= 11 is 0. The molecule has 0 amide bonds. The summed E-state index contributed by atoms with van der Waals surface area (Å²) in [6.45, 7) is 18.2. The Kier molecular flexibility index (Phi) is 5.75. The number of carbonyl (C=O) groups is 1. The average molecular weight is 325 g/mol. The summed E-state index contributed by atoms with van der Waals surface area (Å²) in [5, 5.41) is 11.7. The normalized spacial score (nSPS) is 27.7. The highest BCUT2D eigenvalue weighted by Gasteiger charge is 2.49. The molecule has 0 spiro atoms. The molecule has 0 aromatic carbocycles. The van der Waals surface area contributed by atoms with Gasteiger partial charge in [-0.25, -0.2) is 0 Å². The molecule has 1 N–H and O–H groups in total. The van der Waals surface area contributed by atoms with Gasteiger partial charge in [-0.2, -0.15) is 0 Å². The molecule has 1 saturated heterocycles. The Morgan fingerprint density at radius 3 is 2.41 bits per heavy atom. The lowest BCUT2D eigenvalue weighted by Crippen LogP contribution is -2.46. The van der Waals surface area contributed by atoms with Gasteiger partial charge >= 0.3 is 5.97 Å². The average Bonchev–Trinajstić information content (AvgIpc) is 2.71. The van der Waals surface area contributed by atoms with E-state index in [0.717, 1.165) is 0 Å². The van der Waals surface area contributed by atoms with Crippen molar-refractivity contribution < 1.29 is 19.2 Å². The maximum absolute atomic E-state index is 12.2. The summed E-state index contributed by atoms with van der Waals surface area (Å²) in [6.07, 6.45) is 3.44. The number of carbonyl (C=O) groups excluding carboxylic acids is 1. The second kappa shape index (κ2) is 6.79. The van der Waals surface area contributed by atoms with E-state index in [1.165, 1.54) is 6.21 Å². The minimum absolute atomic E-state index is 0.0202. The van der Waals surface area contributed by atoms with Crippen molar-refractivity contribution in [2.75, 3.05) is 0 Å². The number of hydrogen-bond acceptors (Lipinski definition) is 5. The van der Waals surface area contributed by atoms with Gasteiger partial charge in [0.15, 0.2) is 8.32 Å². The highest BCUT2D eigenvalue weighted by atomic mass is 28.4. The highest BCUT2D eigenvalue weighted by molar-refractivity contribution is 6.74. The van der Waals surface area contributed by atoms with Gasteiger partial charge in [-0.05, 0) is 18.1 Å². The highest BCUT2D eigenvalue weighted by Crippen LogP contribution is 2.41. The van der Waals surface area contributed by atoms with Crippen molar-refractivity contribution in [2.45, 2.75) is 51.1 Å². The van der Waals surface area contributed by atoms with Crippen LogP contribution in [0.15, 0.2) is 30.5 Å². The number of cyclic esters (lactones) is 1. The third kappa shape index (κ3) is 3.67. The van der Waals surface area contributed by atoms with Crippen molar-refractivity contribution in [1.29, 1.82) is 0 Å². The fourth-order valence-corrected chi connectivity index (χ4v) is 3.54. The van der Waals surface area contributed by atoms with Crippen LogP contribution in [-0.2, 0) is 14.0 Å². The molecule has 4 atom stereocenters. The Labute approximate surface area is 133 Å². The van der Waals surface area contributed by atoms with Crippen molar-refractivity contribution >= 4 is 20.5 Å². The van der Waals surface area contributed by atoms with Gasteiger partial charge in [-0.1, -0.05) is 38.1 Å². The molecular weight excluding hydrogens is 298 g/mol. The number of esters is 1. The van der Waals surface area contributed by atoms with Crippen LogP contribution < -0.4 is 0 Å². The minimum Gasteiger partial charge on any atom is -0.455 e. The zero-order chi connectivity index (χ0) is 17.1. The van der Waals surface area contributed by atoms with Gasteiger partial charge in [0.1, 0.15) is 6.10 Å². The summed E-state index contributed by atoms with van der Waals surface area (Å²) in [5.41, 5.74) is 0. The Morgan fingerprint density at radius 1 is 1.41 bits per heavy atom. The van der Waals surface area contributed by atoms with Crippen LogP contribution in [0.5, 0.6) is 0 Å². The van der Waals surface area contributed by atoms with E-state index >= 15 is 0 Å². The van der Waals surface area contributed by atoms with Gasteiger partial charge in [-0.3, -0.25) is 4.79 Å². The molecule has 6 heteroatoms. The van der Waals surface area contributed by atoms with E-state index in [1.54, 1.807) is 12.2 Å². The SMILES string of the molecule is C=C[C@@H]1[C@@H]([C@H](C=C)O[Si](C)(C)C(C)(C)C)C(=O)O[C@H]1/C=N/O. The van der Waals surface area contributed by atoms with Crippen LogP contribution in [0, 0.1) is 11.8 Å². The topological polar surface area (TPSA) is 68.1 Å². The monoisotopic (exact) mass is 325 g/mol. The van der Waals surface area contributed by atoms with E-state index in [-0.39, 0.29) is 16.9 Å². The molecule has 0 aromatic rings. The standard InChI is InChI=1S/C16H27NO4Si/c1-8-11-13(10-17-19)20-15(18)14(11)12(9-2)21-22(6,7)16(3,4)5/h8-14,19H,1-2H2,3-7H3/b17-10+/t11-,12-,13-,14-/m0/s1. The summed E-state index contributed by atoms with van der Waals surface area (Å²) in [7, 11) is -2.07. The fraction of sp³-hybridized carbons (Fsp3) is 0.625. The predicted octanol–water partition coefficient (Wildman–Crippen LogP) is 3.37. The lowest BCUT2D eigenvalue weighted by Gasteiger charge is -2.40. The van der Waals surface area contributed by atoms with E-state index in [0.29, 0.717) is 0 Å². The summed E-state index contributed by atoms with van der Waals surface area (Å²) in [5.74, 6) is -1.21. The second-order valence-corrected chi connectivity index (χ2v) is 11.8. The van der Waals surface area contributed by atoms with Crippen LogP contribution in [0.4, 0.5) is 0 Å². The Balaban J connectivity index is 3.06. The molecule has 5 nitrogen and oxygen atoms in total. The predicted molar refractivity (Wildman–Crippen MR) is 89.6 cm³/mol. The fourth-order valence-electron chi connectivity index (χ4n) is 2.27. The zero-order valence-electron chi connectivity index (χ0n) is 14.1. The van der Waals surface area contributed by atoms with Crippen molar-refractivity contribution in [2.24, 2.45) is 17.0 Å². The van der Waals surface area contributed by atoms with Crippen LogP contribution in [-0.4, -0.2) is 37.9 Å². The first-order valence-corrected chi connectivity index (χ1v) is 10.3. The second-order valence-electron chi connectivity index (χ2n) is 7.08. The first kappa shape index (κ1) is 18.6. The van der Waals surface area contributed by atoms with E-state index in [4.69, 9.17) is 14.4 Å². The minimum atomic E-state index is -2.07. The largest absolute Gasteiger partial charge is 0.455 e. The molecule has 1 aliphatic rings. The van der Waals surface area contributed by atoms with Gasteiger partial charge in [0.25, 0.3) is 0 Å². The third-order valence-corrected chi connectivity index (χ3v) is 9.10. The number of hydrogen-bond donors (Lipinski definition) is 1. The van der Waals surface area contributed by atoms with Crippen molar-refractivity contribution in [3.05, 3.63) is 25.3 Å². The molecule has 22 heavy (non-hydrogen) atoms.